The lowest BCUT2D eigenvalue weighted by atomic mass is 9.90. The molecule has 0 aliphatic carbocycles. The highest BCUT2D eigenvalue weighted by molar-refractivity contribution is 14.1. The van der Waals surface area contributed by atoms with Gasteiger partial charge in [-0.15, -0.1) is 11.8 Å². The molecule has 2 N–H and O–H groups in total. The van der Waals surface area contributed by atoms with Gasteiger partial charge in [0.05, 0.1) is 0 Å². The first kappa shape index (κ1) is 15.6. The molecule has 8 heteroatoms. The second-order valence-electron chi connectivity index (χ2n) is 6.11. The van der Waals surface area contributed by atoms with Crippen molar-refractivity contribution >= 4 is 54.5 Å². The molecule has 2 heterocycles. The van der Waals surface area contributed by atoms with Gasteiger partial charge >= 0.3 is 5.97 Å². The standard InChI is InChI=1S/C11H19IN2O3SSi/c1-19(2,3)17-10(16)11(4-12)5-14-8(15)7(13)9(14)18-6-11/h7,9H,4-6,13H2,1-3H3/t7?,9-,11?/m1/s1. The van der Waals surface area contributed by atoms with Crippen molar-refractivity contribution in [3.05, 3.63) is 0 Å². The number of amides is 1. The monoisotopic (exact) mass is 414 g/mol. The molecule has 0 bridgehead atoms. The summed E-state index contributed by atoms with van der Waals surface area (Å²) in [4.78, 5) is 25.9. The molecule has 19 heavy (non-hydrogen) atoms. The van der Waals surface area contributed by atoms with Crippen molar-refractivity contribution in [2.45, 2.75) is 31.1 Å². The van der Waals surface area contributed by atoms with Crippen LogP contribution in [0.2, 0.25) is 19.6 Å². The quantitative estimate of drug-likeness (QED) is 0.323. The van der Waals surface area contributed by atoms with Crippen molar-refractivity contribution in [1.82, 2.24) is 4.90 Å². The Balaban J connectivity index is 2.12. The van der Waals surface area contributed by atoms with Crippen LogP contribution in [-0.2, 0) is 14.0 Å². The number of carbonyl (C=O) groups is 2. The highest BCUT2D eigenvalue weighted by Crippen LogP contribution is 2.43. The van der Waals surface area contributed by atoms with Gasteiger partial charge in [-0.2, -0.15) is 0 Å². The van der Waals surface area contributed by atoms with Gasteiger partial charge in [-0.1, -0.05) is 22.6 Å². The van der Waals surface area contributed by atoms with Crippen molar-refractivity contribution < 1.29 is 14.0 Å². The largest absolute Gasteiger partial charge is 0.519 e. The SMILES string of the molecule is C[Si](C)(C)OC(=O)C1(CI)CS[C@@H]2C(N)C(=O)N2C1. The van der Waals surface area contributed by atoms with Gasteiger partial charge < -0.3 is 15.1 Å². The Morgan fingerprint density at radius 2 is 2.26 bits per heavy atom. The van der Waals surface area contributed by atoms with Crippen LogP contribution < -0.4 is 5.73 Å². The zero-order valence-electron chi connectivity index (χ0n) is 11.3. The summed E-state index contributed by atoms with van der Waals surface area (Å²) in [6, 6.07) is -0.398. The summed E-state index contributed by atoms with van der Waals surface area (Å²) >= 11 is 3.81. The average Bonchev–Trinajstić information content (AvgIpc) is 2.34. The molecule has 0 saturated carbocycles. The van der Waals surface area contributed by atoms with Crippen LogP contribution in [-0.4, -0.2) is 53.2 Å². The lowest BCUT2D eigenvalue weighted by Crippen LogP contribution is -2.72. The first-order valence-electron chi connectivity index (χ1n) is 6.17. The molecule has 2 aliphatic heterocycles. The van der Waals surface area contributed by atoms with E-state index in [2.05, 4.69) is 22.6 Å². The molecule has 2 unspecified atom stereocenters. The molecule has 0 aromatic rings. The molecule has 3 atom stereocenters. The fraction of sp³-hybridized carbons (Fsp3) is 0.818. The predicted molar refractivity (Wildman–Crippen MR) is 86.7 cm³/mol. The summed E-state index contributed by atoms with van der Waals surface area (Å²) in [7, 11) is -1.91. The first-order chi connectivity index (χ1) is 8.70. The maximum Gasteiger partial charge on any atom is 0.302 e. The lowest BCUT2D eigenvalue weighted by Gasteiger charge is -2.53. The molecule has 5 nitrogen and oxygen atoms in total. The van der Waals surface area contributed by atoms with E-state index in [1.807, 2.05) is 19.6 Å². The number of nitrogens with two attached hydrogens (primary N) is 1. The number of carbonyl (C=O) groups excluding carboxylic acids is 2. The molecular weight excluding hydrogens is 395 g/mol. The Morgan fingerprint density at radius 3 is 2.79 bits per heavy atom. The number of alkyl halides is 1. The minimum Gasteiger partial charge on any atom is -0.519 e. The van der Waals surface area contributed by atoms with Crippen LogP contribution >= 0.6 is 34.4 Å². The Hall–Kier alpha value is 0.197. The van der Waals surface area contributed by atoms with E-state index in [0.717, 1.165) is 0 Å². The maximum atomic E-state index is 12.5. The minimum absolute atomic E-state index is 0.0447. The lowest BCUT2D eigenvalue weighted by molar-refractivity contribution is -0.153. The van der Waals surface area contributed by atoms with Crippen LogP contribution in [0.4, 0.5) is 0 Å². The number of hydrogen-bond acceptors (Lipinski definition) is 5. The van der Waals surface area contributed by atoms with Crippen molar-refractivity contribution in [1.29, 1.82) is 0 Å². The Kier molecular flexibility index (Phi) is 4.26. The predicted octanol–water partition coefficient (Wildman–Crippen LogP) is 1.03. The molecule has 0 aromatic carbocycles. The van der Waals surface area contributed by atoms with E-state index in [1.165, 1.54) is 0 Å². The highest BCUT2D eigenvalue weighted by Gasteiger charge is 2.56. The zero-order valence-corrected chi connectivity index (χ0v) is 15.3. The van der Waals surface area contributed by atoms with E-state index >= 15 is 0 Å². The molecule has 0 radical (unpaired) electrons. The Morgan fingerprint density at radius 1 is 1.63 bits per heavy atom. The van der Waals surface area contributed by atoms with Crippen LogP contribution in [0.5, 0.6) is 0 Å². The summed E-state index contributed by atoms with van der Waals surface area (Å²) in [5, 5.41) is 0.0447. The van der Waals surface area contributed by atoms with Crippen LogP contribution in [0.15, 0.2) is 0 Å². The van der Waals surface area contributed by atoms with Gasteiger partial charge in [0.1, 0.15) is 16.8 Å². The summed E-state index contributed by atoms with van der Waals surface area (Å²) in [5.74, 6) is 0.481. The third kappa shape index (κ3) is 2.81. The number of nitrogens with zero attached hydrogens (tertiary/aromatic N) is 1. The number of rotatable bonds is 3. The van der Waals surface area contributed by atoms with Crippen molar-refractivity contribution in [3.8, 4) is 0 Å². The summed E-state index contributed by atoms with van der Waals surface area (Å²) in [6.45, 7) is 6.43. The van der Waals surface area contributed by atoms with Crippen LogP contribution in [0.25, 0.3) is 0 Å². The second-order valence-corrected chi connectivity index (χ2v) is 12.4. The maximum absolute atomic E-state index is 12.5. The van der Waals surface area contributed by atoms with Crippen molar-refractivity contribution in [2.24, 2.45) is 11.1 Å². The van der Waals surface area contributed by atoms with Crippen LogP contribution in [0, 0.1) is 5.41 Å². The van der Waals surface area contributed by atoms with Crippen molar-refractivity contribution in [3.63, 3.8) is 0 Å². The molecule has 0 spiro atoms. The van der Waals surface area contributed by atoms with Gasteiger partial charge in [0, 0.05) is 16.7 Å². The third-order valence-corrected chi connectivity index (χ3v) is 7.14. The first-order valence-corrected chi connectivity index (χ1v) is 12.2. The third-order valence-electron chi connectivity index (χ3n) is 3.27. The molecule has 0 aromatic heterocycles. The van der Waals surface area contributed by atoms with E-state index in [0.29, 0.717) is 16.7 Å². The van der Waals surface area contributed by atoms with Crippen LogP contribution in [0.1, 0.15) is 0 Å². The normalized spacial score (nSPS) is 34.6. The number of fused-ring (bicyclic) bond motifs is 1. The fourth-order valence-corrected chi connectivity index (χ4v) is 5.62. The number of thioether (sulfide) groups is 1. The van der Waals surface area contributed by atoms with E-state index in [-0.39, 0.29) is 17.3 Å². The number of halogens is 1. The van der Waals surface area contributed by atoms with E-state index in [1.54, 1.807) is 16.7 Å². The van der Waals surface area contributed by atoms with Gasteiger partial charge in [-0.25, -0.2) is 0 Å². The smallest absolute Gasteiger partial charge is 0.302 e. The molecule has 2 fully saturated rings. The number of hydrogen-bond donors (Lipinski definition) is 1. The Bertz CT molecular complexity index is 417. The molecule has 108 valence electrons. The minimum atomic E-state index is -1.91. The Labute approximate surface area is 132 Å². The second kappa shape index (κ2) is 5.19. The van der Waals surface area contributed by atoms with Gasteiger partial charge in [-0.05, 0) is 19.6 Å². The van der Waals surface area contributed by atoms with Crippen molar-refractivity contribution in [2.75, 3.05) is 16.7 Å². The van der Waals surface area contributed by atoms with Gasteiger partial charge in [0.2, 0.25) is 14.2 Å². The summed E-state index contributed by atoms with van der Waals surface area (Å²) < 4.78 is 6.31. The zero-order chi connectivity index (χ0) is 14.4. The average molecular weight is 414 g/mol. The molecular formula is C11H19IN2O3SSi. The van der Waals surface area contributed by atoms with Gasteiger partial charge in [-0.3, -0.25) is 9.59 Å². The highest BCUT2D eigenvalue weighted by atomic mass is 127. The number of β-lactam (4-membered cyclic amide) rings is 1. The fourth-order valence-electron chi connectivity index (χ4n) is 2.17. The summed E-state index contributed by atoms with van der Waals surface area (Å²) in [5.41, 5.74) is 5.19. The van der Waals surface area contributed by atoms with E-state index < -0.39 is 19.8 Å². The van der Waals surface area contributed by atoms with Crippen LogP contribution in [0.3, 0.4) is 0 Å². The molecule has 1 amide bonds. The molecule has 2 aliphatic rings. The van der Waals surface area contributed by atoms with Gasteiger partial charge in [0.15, 0.2) is 0 Å². The van der Waals surface area contributed by atoms with E-state index in [9.17, 15) is 9.59 Å². The summed E-state index contributed by atoms with van der Waals surface area (Å²) in [6.07, 6.45) is 0. The topological polar surface area (TPSA) is 72.6 Å². The molecule has 2 rings (SSSR count). The van der Waals surface area contributed by atoms with E-state index in [4.69, 9.17) is 10.2 Å². The molecule has 2 saturated heterocycles. The van der Waals surface area contributed by atoms with Gasteiger partial charge in [0.25, 0.3) is 0 Å².